The first-order valence-electron chi connectivity index (χ1n) is 7.89. The summed E-state index contributed by atoms with van der Waals surface area (Å²) in [4.78, 5) is 28.2. The van der Waals surface area contributed by atoms with E-state index in [2.05, 4.69) is 10.2 Å². The van der Waals surface area contributed by atoms with Gasteiger partial charge in [0.05, 0.1) is 0 Å². The van der Waals surface area contributed by atoms with Crippen LogP contribution in [0.2, 0.25) is 10.0 Å². The minimum atomic E-state index is -0.654. The Morgan fingerprint density at radius 1 is 0.880 bits per heavy atom. The molecular formula is C18H17Cl2N3O2. The first-order valence-corrected chi connectivity index (χ1v) is 8.65. The lowest BCUT2D eigenvalue weighted by molar-refractivity contribution is -0.143. The number of hydrogen-bond acceptors (Lipinski definition) is 3. The van der Waals surface area contributed by atoms with E-state index < -0.39 is 11.8 Å². The highest BCUT2D eigenvalue weighted by atomic mass is 35.5. The van der Waals surface area contributed by atoms with Crippen molar-refractivity contribution in [2.24, 2.45) is 0 Å². The van der Waals surface area contributed by atoms with Crippen molar-refractivity contribution in [2.45, 2.75) is 0 Å². The SMILES string of the molecule is O=C(Nc1cccc(Cl)c1)C(=O)N1CCN(c2cccc(Cl)c2)CC1. The molecule has 5 nitrogen and oxygen atoms in total. The Bertz CT molecular complexity index is 789. The predicted molar refractivity (Wildman–Crippen MR) is 100 cm³/mol. The second kappa shape index (κ2) is 7.76. The second-order valence-electron chi connectivity index (χ2n) is 5.72. The van der Waals surface area contributed by atoms with Crippen molar-refractivity contribution in [3.8, 4) is 0 Å². The molecule has 2 amide bonds. The lowest BCUT2D eigenvalue weighted by Gasteiger charge is -2.35. The third-order valence-electron chi connectivity index (χ3n) is 4.02. The first kappa shape index (κ1) is 17.6. The molecule has 0 atom stereocenters. The van der Waals surface area contributed by atoms with Crippen molar-refractivity contribution in [1.82, 2.24) is 4.90 Å². The predicted octanol–water partition coefficient (Wildman–Crippen LogP) is 3.28. The van der Waals surface area contributed by atoms with Gasteiger partial charge in [0, 0.05) is 47.6 Å². The third-order valence-corrected chi connectivity index (χ3v) is 4.49. The number of rotatable bonds is 2. The maximum absolute atomic E-state index is 12.3. The van der Waals surface area contributed by atoms with E-state index in [1.807, 2.05) is 24.3 Å². The molecule has 0 bridgehead atoms. The van der Waals surface area contributed by atoms with Gasteiger partial charge in [-0.15, -0.1) is 0 Å². The summed E-state index contributed by atoms with van der Waals surface area (Å²) in [6.45, 7) is 2.26. The number of benzene rings is 2. The van der Waals surface area contributed by atoms with Crippen LogP contribution in [0.4, 0.5) is 11.4 Å². The average Bonchev–Trinajstić information content (AvgIpc) is 2.61. The minimum Gasteiger partial charge on any atom is -0.368 e. The van der Waals surface area contributed by atoms with Crippen LogP contribution in [0.3, 0.4) is 0 Å². The maximum atomic E-state index is 12.3. The van der Waals surface area contributed by atoms with Gasteiger partial charge in [-0.3, -0.25) is 9.59 Å². The van der Waals surface area contributed by atoms with E-state index in [1.165, 1.54) is 0 Å². The molecule has 25 heavy (non-hydrogen) atoms. The molecule has 1 aliphatic heterocycles. The highest BCUT2D eigenvalue weighted by Crippen LogP contribution is 2.21. The lowest BCUT2D eigenvalue weighted by atomic mass is 10.2. The summed E-state index contributed by atoms with van der Waals surface area (Å²) in [5.41, 5.74) is 1.52. The molecule has 0 spiro atoms. The van der Waals surface area contributed by atoms with E-state index in [4.69, 9.17) is 23.2 Å². The fourth-order valence-electron chi connectivity index (χ4n) is 2.73. The molecule has 1 fully saturated rings. The van der Waals surface area contributed by atoms with Crippen LogP contribution in [-0.2, 0) is 9.59 Å². The maximum Gasteiger partial charge on any atom is 0.313 e. The van der Waals surface area contributed by atoms with Crippen molar-refractivity contribution in [3.63, 3.8) is 0 Å². The van der Waals surface area contributed by atoms with Crippen LogP contribution in [-0.4, -0.2) is 42.9 Å². The molecule has 0 saturated carbocycles. The molecule has 2 aromatic rings. The topological polar surface area (TPSA) is 52.7 Å². The number of piperazine rings is 1. The molecule has 1 N–H and O–H groups in total. The number of halogens is 2. The number of anilines is 2. The molecule has 0 unspecified atom stereocenters. The number of nitrogens with zero attached hydrogens (tertiary/aromatic N) is 2. The van der Waals surface area contributed by atoms with Gasteiger partial charge in [0.2, 0.25) is 0 Å². The fourth-order valence-corrected chi connectivity index (χ4v) is 3.11. The van der Waals surface area contributed by atoms with Crippen molar-refractivity contribution in [2.75, 3.05) is 36.4 Å². The Hall–Kier alpha value is -2.24. The van der Waals surface area contributed by atoms with Gasteiger partial charge in [-0.25, -0.2) is 0 Å². The van der Waals surface area contributed by atoms with Gasteiger partial charge in [-0.1, -0.05) is 35.3 Å². The molecule has 7 heteroatoms. The molecule has 0 aromatic heterocycles. The van der Waals surface area contributed by atoms with E-state index in [0.717, 1.165) is 5.69 Å². The Morgan fingerprint density at radius 3 is 2.16 bits per heavy atom. The molecule has 130 valence electrons. The highest BCUT2D eigenvalue weighted by Gasteiger charge is 2.26. The van der Waals surface area contributed by atoms with Gasteiger partial charge >= 0.3 is 11.8 Å². The van der Waals surface area contributed by atoms with Gasteiger partial charge in [0.1, 0.15) is 0 Å². The summed E-state index contributed by atoms with van der Waals surface area (Å²) >= 11 is 11.9. The van der Waals surface area contributed by atoms with Crippen molar-refractivity contribution in [3.05, 3.63) is 58.6 Å². The van der Waals surface area contributed by atoms with Crippen molar-refractivity contribution >= 4 is 46.4 Å². The molecule has 1 saturated heterocycles. The Morgan fingerprint density at radius 2 is 1.52 bits per heavy atom. The summed E-state index contributed by atoms with van der Waals surface area (Å²) in [5, 5.41) is 3.76. The standard InChI is InChI=1S/C18H17Cl2N3O2/c19-13-3-1-5-15(11-13)21-17(24)18(25)23-9-7-22(8-10-23)16-6-2-4-14(20)12-16/h1-6,11-12H,7-10H2,(H,21,24). The van der Waals surface area contributed by atoms with Crippen LogP contribution >= 0.6 is 23.2 Å². The second-order valence-corrected chi connectivity index (χ2v) is 6.60. The average molecular weight is 378 g/mol. The monoisotopic (exact) mass is 377 g/mol. The summed E-state index contributed by atoms with van der Waals surface area (Å²) in [7, 11) is 0. The molecule has 3 rings (SSSR count). The quantitative estimate of drug-likeness (QED) is 0.817. The smallest absolute Gasteiger partial charge is 0.313 e. The normalized spacial score (nSPS) is 14.3. The molecule has 1 heterocycles. The van der Waals surface area contributed by atoms with E-state index in [9.17, 15) is 9.59 Å². The van der Waals surface area contributed by atoms with Crippen molar-refractivity contribution < 1.29 is 9.59 Å². The Labute approximate surface area is 156 Å². The largest absolute Gasteiger partial charge is 0.368 e. The van der Waals surface area contributed by atoms with Gasteiger partial charge in [-0.2, -0.15) is 0 Å². The highest BCUT2D eigenvalue weighted by molar-refractivity contribution is 6.39. The van der Waals surface area contributed by atoms with Crippen LogP contribution in [0.15, 0.2) is 48.5 Å². The number of carbonyl (C=O) groups is 2. The van der Waals surface area contributed by atoms with Crippen LogP contribution in [0.1, 0.15) is 0 Å². The first-order chi connectivity index (χ1) is 12.0. The molecule has 0 radical (unpaired) electrons. The summed E-state index contributed by atoms with van der Waals surface area (Å²) < 4.78 is 0. The number of amides is 2. The van der Waals surface area contributed by atoms with E-state index in [0.29, 0.717) is 41.9 Å². The van der Waals surface area contributed by atoms with Gasteiger partial charge in [-0.05, 0) is 36.4 Å². The minimum absolute atomic E-state index is 0.480. The van der Waals surface area contributed by atoms with Crippen molar-refractivity contribution in [1.29, 1.82) is 0 Å². The number of hydrogen-bond donors (Lipinski definition) is 1. The van der Waals surface area contributed by atoms with Gasteiger partial charge in [0.25, 0.3) is 0 Å². The third kappa shape index (κ3) is 4.44. The molecule has 1 aliphatic rings. The van der Waals surface area contributed by atoms with Crippen LogP contribution < -0.4 is 10.2 Å². The van der Waals surface area contributed by atoms with Crippen LogP contribution in [0, 0.1) is 0 Å². The molecular weight excluding hydrogens is 361 g/mol. The van der Waals surface area contributed by atoms with E-state index >= 15 is 0 Å². The summed E-state index contributed by atoms with van der Waals surface area (Å²) in [6.07, 6.45) is 0. The van der Waals surface area contributed by atoms with Gasteiger partial charge in [0.15, 0.2) is 0 Å². The molecule has 0 aliphatic carbocycles. The zero-order chi connectivity index (χ0) is 17.8. The van der Waals surface area contributed by atoms with E-state index in [1.54, 1.807) is 29.2 Å². The summed E-state index contributed by atoms with van der Waals surface area (Å²) in [5.74, 6) is -1.19. The van der Waals surface area contributed by atoms with Gasteiger partial charge < -0.3 is 15.1 Å². The zero-order valence-corrected chi connectivity index (χ0v) is 14.9. The summed E-state index contributed by atoms with van der Waals surface area (Å²) in [6, 6.07) is 14.3. The van der Waals surface area contributed by atoms with Crippen LogP contribution in [0.5, 0.6) is 0 Å². The molecule has 2 aromatic carbocycles. The Balaban J connectivity index is 1.57. The zero-order valence-electron chi connectivity index (χ0n) is 13.4. The number of carbonyl (C=O) groups excluding carboxylic acids is 2. The fraction of sp³-hybridized carbons (Fsp3) is 0.222. The van der Waals surface area contributed by atoms with E-state index in [-0.39, 0.29) is 0 Å². The Kier molecular flexibility index (Phi) is 5.46. The number of nitrogens with one attached hydrogen (secondary N) is 1. The van der Waals surface area contributed by atoms with Crippen LogP contribution in [0.25, 0.3) is 0 Å². The lowest BCUT2D eigenvalue weighted by Crippen LogP contribution is -2.51.